The number of carbonyl (C=O) groups is 2. The topological polar surface area (TPSA) is 57.6 Å². The van der Waals surface area contributed by atoms with Gasteiger partial charge in [0.05, 0.1) is 0 Å². The molecular weight excluding hydrogens is 206 g/mol. The molecule has 1 atom stereocenters. The molecule has 0 aromatic carbocycles. The summed E-state index contributed by atoms with van der Waals surface area (Å²) in [7, 11) is 0. The van der Waals surface area contributed by atoms with Gasteiger partial charge in [-0.3, -0.25) is 9.59 Å². The van der Waals surface area contributed by atoms with Crippen molar-refractivity contribution in [3.63, 3.8) is 0 Å². The third kappa shape index (κ3) is 3.83. The van der Waals surface area contributed by atoms with Gasteiger partial charge in [-0.15, -0.1) is 0 Å². The zero-order chi connectivity index (χ0) is 12.1. The van der Waals surface area contributed by atoms with Crippen LogP contribution in [-0.2, 0) is 9.59 Å². The number of amides is 1. The van der Waals surface area contributed by atoms with Crippen molar-refractivity contribution < 1.29 is 14.7 Å². The summed E-state index contributed by atoms with van der Waals surface area (Å²) in [6, 6.07) is 0. The number of carbonyl (C=O) groups excluding carboxylic acids is 1. The van der Waals surface area contributed by atoms with Crippen molar-refractivity contribution in [2.45, 2.75) is 39.5 Å². The van der Waals surface area contributed by atoms with Crippen LogP contribution < -0.4 is 0 Å². The highest BCUT2D eigenvalue weighted by Crippen LogP contribution is 2.23. The minimum atomic E-state index is -0.811. The van der Waals surface area contributed by atoms with Gasteiger partial charge in [0.25, 0.3) is 0 Å². The van der Waals surface area contributed by atoms with E-state index in [1.54, 1.807) is 0 Å². The van der Waals surface area contributed by atoms with Crippen LogP contribution in [0.1, 0.15) is 39.5 Å². The lowest BCUT2D eigenvalue weighted by atomic mass is 9.92. The van der Waals surface area contributed by atoms with E-state index in [4.69, 9.17) is 5.11 Å². The van der Waals surface area contributed by atoms with Crippen LogP contribution >= 0.6 is 0 Å². The lowest BCUT2D eigenvalue weighted by Crippen LogP contribution is -2.43. The average molecular weight is 227 g/mol. The zero-order valence-electron chi connectivity index (χ0n) is 10.1. The Morgan fingerprint density at radius 3 is 2.81 bits per heavy atom. The second kappa shape index (κ2) is 5.87. The van der Waals surface area contributed by atoms with Gasteiger partial charge in [-0.2, -0.15) is 0 Å². The Labute approximate surface area is 96.6 Å². The van der Waals surface area contributed by atoms with Crippen molar-refractivity contribution in [1.82, 2.24) is 4.90 Å². The van der Waals surface area contributed by atoms with E-state index in [0.29, 0.717) is 12.3 Å². The van der Waals surface area contributed by atoms with Crippen molar-refractivity contribution in [2.24, 2.45) is 11.8 Å². The van der Waals surface area contributed by atoms with Gasteiger partial charge in [-0.25, -0.2) is 0 Å². The molecule has 1 rings (SSSR count). The molecule has 0 bridgehead atoms. The van der Waals surface area contributed by atoms with Crippen molar-refractivity contribution in [1.29, 1.82) is 0 Å². The quantitative estimate of drug-likeness (QED) is 0.778. The molecule has 1 aliphatic heterocycles. The Hall–Kier alpha value is -1.06. The number of likely N-dealkylation sites (tertiary alicyclic amines) is 1. The largest absolute Gasteiger partial charge is 0.481 e. The Balaban J connectivity index is 2.47. The van der Waals surface area contributed by atoms with Crippen molar-refractivity contribution in [3.05, 3.63) is 0 Å². The van der Waals surface area contributed by atoms with Crippen LogP contribution in [0.4, 0.5) is 0 Å². The van der Waals surface area contributed by atoms with Crippen molar-refractivity contribution in [2.75, 3.05) is 13.1 Å². The molecule has 1 unspecified atom stereocenters. The molecule has 0 saturated carbocycles. The van der Waals surface area contributed by atoms with Gasteiger partial charge in [-0.1, -0.05) is 13.8 Å². The van der Waals surface area contributed by atoms with E-state index in [0.717, 1.165) is 25.9 Å². The molecule has 1 fully saturated rings. The predicted molar refractivity (Wildman–Crippen MR) is 61.0 cm³/mol. The van der Waals surface area contributed by atoms with E-state index in [1.165, 1.54) is 0 Å². The molecule has 0 radical (unpaired) electrons. The van der Waals surface area contributed by atoms with E-state index in [2.05, 4.69) is 13.8 Å². The smallest absolute Gasteiger partial charge is 0.303 e. The van der Waals surface area contributed by atoms with Gasteiger partial charge >= 0.3 is 5.97 Å². The van der Waals surface area contributed by atoms with Gasteiger partial charge in [0.15, 0.2) is 0 Å². The van der Waals surface area contributed by atoms with Crippen molar-refractivity contribution in [3.8, 4) is 0 Å². The number of carboxylic acids is 1. The number of hydrogen-bond acceptors (Lipinski definition) is 2. The van der Waals surface area contributed by atoms with Crippen LogP contribution in [-0.4, -0.2) is 35.0 Å². The Bertz CT molecular complexity index is 263. The fourth-order valence-electron chi connectivity index (χ4n) is 2.21. The summed E-state index contributed by atoms with van der Waals surface area (Å²) in [6.07, 6.45) is 2.44. The van der Waals surface area contributed by atoms with E-state index in [9.17, 15) is 9.59 Å². The van der Waals surface area contributed by atoms with Crippen LogP contribution in [0.2, 0.25) is 0 Å². The fraction of sp³-hybridized carbons (Fsp3) is 0.833. The van der Waals surface area contributed by atoms with E-state index in [-0.39, 0.29) is 18.2 Å². The van der Waals surface area contributed by atoms with Crippen LogP contribution in [0.25, 0.3) is 0 Å². The summed E-state index contributed by atoms with van der Waals surface area (Å²) >= 11 is 0. The van der Waals surface area contributed by atoms with Gasteiger partial charge in [-0.05, 0) is 25.2 Å². The Kier molecular flexibility index (Phi) is 4.77. The molecule has 0 aliphatic carbocycles. The molecule has 0 aromatic rings. The molecule has 1 saturated heterocycles. The highest BCUT2D eigenvalue weighted by Gasteiger charge is 2.28. The summed E-state index contributed by atoms with van der Waals surface area (Å²) in [5, 5.41) is 8.62. The third-order valence-corrected chi connectivity index (χ3v) is 2.93. The average Bonchev–Trinajstić information content (AvgIpc) is 2.18. The summed E-state index contributed by atoms with van der Waals surface area (Å²) in [5.74, 6) is -0.249. The number of nitrogens with zero attached hydrogens (tertiary/aromatic N) is 1. The van der Waals surface area contributed by atoms with E-state index >= 15 is 0 Å². The molecule has 16 heavy (non-hydrogen) atoms. The molecule has 1 aliphatic rings. The standard InChI is InChI=1S/C12H21NO3/c1-9(2)8-13-7-3-4-10(12(13)16)5-6-11(14)15/h9-10H,3-8H2,1-2H3,(H,14,15). The minimum absolute atomic E-state index is 0.0661. The first kappa shape index (κ1) is 13.0. The third-order valence-electron chi connectivity index (χ3n) is 2.93. The predicted octanol–water partition coefficient (Wildman–Crippen LogP) is 1.75. The minimum Gasteiger partial charge on any atom is -0.481 e. The van der Waals surface area contributed by atoms with Gasteiger partial charge in [0.1, 0.15) is 0 Å². The number of rotatable bonds is 5. The summed E-state index contributed by atoms with van der Waals surface area (Å²) in [6.45, 7) is 5.81. The molecule has 4 nitrogen and oxygen atoms in total. The second-order valence-electron chi connectivity index (χ2n) is 4.95. The molecular formula is C12H21NO3. The first-order chi connectivity index (χ1) is 7.50. The highest BCUT2D eigenvalue weighted by molar-refractivity contribution is 5.80. The highest BCUT2D eigenvalue weighted by atomic mass is 16.4. The molecule has 0 aromatic heterocycles. The van der Waals surface area contributed by atoms with E-state index < -0.39 is 5.97 Å². The summed E-state index contributed by atoms with van der Waals surface area (Å²) < 4.78 is 0. The SMILES string of the molecule is CC(C)CN1CCCC(CCC(=O)O)C1=O. The Morgan fingerprint density at radius 2 is 2.25 bits per heavy atom. The molecule has 0 spiro atoms. The number of hydrogen-bond donors (Lipinski definition) is 1. The zero-order valence-corrected chi connectivity index (χ0v) is 10.1. The molecule has 1 heterocycles. The number of piperidine rings is 1. The lowest BCUT2D eigenvalue weighted by molar-refractivity contribution is -0.141. The maximum atomic E-state index is 12.0. The lowest BCUT2D eigenvalue weighted by Gasteiger charge is -2.33. The maximum Gasteiger partial charge on any atom is 0.303 e. The van der Waals surface area contributed by atoms with Crippen LogP contribution in [0.15, 0.2) is 0 Å². The first-order valence-corrected chi connectivity index (χ1v) is 6.01. The summed E-state index contributed by atoms with van der Waals surface area (Å²) in [5.41, 5.74) is 0. The fourth-order valence-corrected chi connectivity index (χ4v) is 2.21. The first-order valence-electron chi connectivity index (χ1n) is 6.01. The van der Waals surface area contributed by atoms with Crippen LogP contribution in [0.5, 0.6) is 0 Å². The summed E-state index contributed by atoms with van der Waals surface area (Å²) in [4.78, 5) is 24.4. The Morgan fingerprint density at radius 1 is 1.56 bits per heavy atom. The van der Waals surface area contributed by atoms with Gasteiger partial charge < -0.3 is 10.0 Å². The molecule has 4 heteroatoms. The van der Waals surface area contributed by atoms with E-state index in [1.807, 2.05) is 4.90 Å². The maximum absolute atomic E-state index is 12.0. The van der Waals surface area contributed by atoms with Crippen molar-refractivity contribution >= 4 is 11.9 Å². The molecule has 1 N–H and O–H groups in total. The van der Waals surface area contributed by atoms with Crippen LogP contribution in [0, 0.1) is 11.8 Å². The monoisotopic (exact) mass is 227 g/mol. The number of aliphatic carboxylic acids is 1. The molecule has 92 valence electrons. The van der Waals surface area contributed by atoms with Gasteiger partial charge in [0, 0.05) is 25.4 Å². The van der Waals surface area contributed by atoms with Crippen LogP contribution in [0.3, 0.4) is 0 Å². The van der Waals surface area contributed by atoms with Gasteiger partial charge in [0.2, 0.25) is 5.91 Å². The number of carboxylic acid groups (broad SMARTS) is 1. The normalized spacial score (nSPS) is 21.6. The molecule has 1 amide bonds. The second-order valence-corrected chi connectivity index (χ2v) is 4.95.